The molecular weight excluding hydrogens is 403 g/mol. The number of halogens is 1. The standard InChI is InChI=1S/C27H19FN2O2/c28-22-8-5-19(6-9-22)26(31)23-3-1-2-4-24(23)27(32)30-16-13-21-17-20(7-10-25(21)30)18-11-14-29-15-12-18/h1-12,14-15,17H,13,16H2. The summed E-state index contributed by atoms with van der Waals surface area (Å²) in [7, 11) is 0. The smallest absolute Gasteiger partial charge is 0.259 e. The molecule has 0 bridgehead atoms. The fourth-order valence-corrected chi connectivity index (χ4v) is 4.11. The number of fused-ring (bicyclic) bond motifs is 1. The van der Waals surface area contributed by atoms with Gasteiger partial charge in [0.15, 0.2) is 5.78 Å². The van der Waals surface area contributed by atoms with Crippen molar-refractivity contribution in [2.24, 2.45) is 0 Å². The minimum absolute atomic E-state index is 0.216. The molecular formula is C27H19FN2O2. The Labute approximate surface area is 185 Å². The molecule has 1 aliphatic heterocycles. The second kappa shape index (κ2) is 8.19. The summed E-state index contributed by atoms with van der Waals surface area (Å²) in [5, 5.41) is 0. The van der Waals surface area contributed by atoms with Crippen molar-refractivity contribution < 1.29 is 14.0 Å². The van der Waals surface area contributed by atoms with E-state index in [1.165, 1.54) is 24.3 Å². The van der Waals surface area contributed by atoms with E-state index in [-0.39, 0.29) is 11.7 Å². The molecule has 2 heterocycles. The van der Waals surface area contributed by atoms with Crippen LogP contribution in [-0.2, 0) is 6.42 Å². The zero-order valence-electron chi connectivity index (χ0n) is 17.2. The second-order valence-electron chi connectivity index (χ2n) is 7.67. The quantitative estimate of drug-likeness (QED) is 0.418. The first-order valence-corrected chi connectivity index (χ1v) is 10.4. The fraction of sp³-hybridized carbons (Fsp3) is 0.0741. The highest BCUT2D eigenvalue weighted by Crippen LogP contribution is 2.33. The first-order chi connectivity index (χ1) is 15.6. The van der Waals surface area contributed by atoms with Gasteiger partial charge < -0.3 is 4.90 Å². The molecule has 32 heavy (non-hydrogen) atoms. The Morgan fingerprint density at radius 1 is 0.812 bits per heavy atom. The Bertz CT molecular complexity index is 1320. The molecule has 0 atom stereocenters. The summed E-state index contributed by atoms with van der Waals surface area (Å²) in [5.74, 6) is -0.932. The topological polar surface area (TPSA) is 50.3 Å². The van der Waals surface area contributed by atoms with E-state index in [2.05, 4.69) is 11.1 Å². The maximum atomic E-state index is 13.5. The molecule has 0 saturated carbocycles. The van der Waals surface area contributed by atoms with E-state index in [1.807, 2.05) is 24.3 Å². The number of rotatable bonds is 4. The van der Waals surface area contributed by atoms with Crippen molar-refractivity contribution in [3.63, 3.8) is 0 Å². The lowest BCUT2D eigenvalue weighted by molar-refractivity contribution is 0.0973. The van der Waals surface area contributed by atoms with E-state index in [1.54, 1.807) is 41.6 Å². The fourth-order valence-electron chi connectivity index (χ4n) is 4.11. The number of pyridine rings is 1. The maximum absolute atomic E-state index is 13.5. The normalized spacial score (nSPS) is 12.5. The van der Waals surface area contributed by atoms with Crippen molar-refractivity contribution in [1.82, 2.24) is 4.98 Å². The van der Waals surface area contributed by atoms with Crippen LogP contribution in [0.15, 0.2) is 91.3 Å². The van der Waals surface area contributed by atoms with Gasteiger partial charge in [0.25, 0.3) is 5.91 Å². The molecule has 0 saturated heterocycles. The SMILES string of the molecule is O=C(c1ccc(F)cc1)c1ccccc1C(=O)N1CCc2cc(-c3ccncc3)ccc21. The highest BCUT2D eigenvalue weighted by atomic mass is 19.1. The monoisotopic (exact) mass is 422 g/mol. The molecule has 3 aromatic carbocycles. The Balaban J connectivity index is 1.47. The third-order valence-electron chi connectivity index (χ3n) is 5.74. The van der Waals surface area contributed by atoms with Crippen molar-refractivity contribution in [3.8, 4) is 11.1 Å². The summed E-state index contributed by atoms with van der Waals surface area (Å²) in [6, 6.07) is 22.1. The minimum atomic E-state index is -0.411. The van der Waals surface area contributed by atoms with Crippen LogP contribution in [-0.4, -0.2) is 23.2 Å². The van der Waals surface area contributed by atoms with Crippen LogP contribution in [0.1, 0.15) is 31.8 Å². The number of ketones is 1. The van der Waals surface area contributed by atoms with Gasteiger partial charge in [-0.2, -0.15) is 0 Å². The van der Waals surface area contributed by atoms with Crippen LogP contribution in [0.3, 0.4) is 0 Å². The largest absolute Gasteiger partial charge is 0.308 e. The predicted octanol–water partition coefficient (Wildman–Crippen LogP) is 5.32. The summed E-state index contributed by atoms with van der Waals surface area (Å²) in [6.45, 7) is 0.549. The summed E-state index contributed by atoms with van der Waals surface area (Å²) in [5.41, 5.74) is 5.09. The van der Waals surface area contributed by atoms with E-state index < -0.39 is 5.82 Å². The van der Waals surface area contributed by atoms with Crippen molar-refractivity contribution in [2.45, 2.75) is 6.42 Å². The Kier molecular flexibility index (Phi) is 5.07. The molecule has 0 N–H and O–H groups in total. The summed E-state index contributed by atoms with van der Waals surface area (Å²) < 4.78 is 13.3. The number of amides is 1. The Hall–Kier alpha value is -4.12. The van der Waals surface area contributed by atoms with Crippen LogP contribution in [0.2, 0.25) is 0 Å². The minimum Gasteiger partial charge on any atom is -0.308 e. The number of nitrogens with zero attached hydrogens (tertiary/aromatic N) is 2. The number of carbonyl (C=O) groups excluding carboxylic acids is 2. The first-order valence-electron chi connectivity index (χ1n) is 10.4. The molecule has 5 heteroatoms. The van der Waals surface area contributed by atoms with Crippen LogP contribution in [0.5, 0.6) is 0 Å². The molecule has 1 aromatic heterocycles. The van der Waals surface area contributed by atoms with E-state index in [9.17, 15) is 14.0 Å². The van der Waals surface area contributed by atoms with Gasteiger partial charge in [0, 0.05) is 35.8 Å². The van der Waals surface area contributed by atoms with Gasteiger partial charge in [-0.05, 0) is 77.7 Å². The molecule has 5 rings (SSSR count). The van der Waals surface area contributed by atoms with Crippen molar-refractivity contribution in [3.05, 3.63) is 119 Å². The molecule has 1 aliphatic rings. The number of anilines is 1. The average molecular weight is 422 g/mol. The van der Waals surface area contributed by atoms with Crippen LogP contribution in [0.4, 0.5) is 10.1 Å². The maximum Gasteiger partial charge on any atom is 0.259 e. The average Bonchev–Trinajstić information content (AvgIpc) is 3.27. The summed E-state index contributed by atoms with van der Waals surface area (Å²) in [6.07, 6.45) is 4.26. The zero-order valence-corrected chi connectivity index (χ0v) is 17.2. The number of carbonyl (C=O) groups is 2. The predicted molar refractivity (Wildman–Crippen MR) is 121 cm³/mol. The highest BCUT2D eigenvalue weighted by molar-refractivity contribution is 6.18. The van der Waals surface area contributed by atoms with Gasteiger partial charge >= 0.3 is 0 Å². The van der Waals surface area contributed by atoms with Crippen LogP contribution >= 0.6 is 0 Å². The molecule has 0 aliphatic carbocycles. The Morgan fingerprint density at radius 2 is 1.53 bits per heavy atom. The molecule has 0 spiro atoms. The number of hydrogen-bond donors (Lipinski definition) is 0. The van der Waals surface area contributed by atoms with Crippen LogP contribution < -0.4 is 4.90 Å². The van der Waals surface area contributed by atoms with Gasteiger partial charge in [-0.15, -0.1) is 0 Å². The van der Waals surface area contributed by atoms with Crippen molar-refractivity contribution in [2.75, 3.05) is 11.4 Å². The highest BCUT2D eigenvalue weighted by Gasteiger charge is 2.28. The first kappa shape index (κ1) is 19.8. The molecule has 156 valence electrons. The van der Waals surface area contributed by atoms with Gasteiger partial charge in [-0.3, -0.25) is 14.6 Å². The van der Waals surface area contributed by atoms with Crippen LogP contribution in [0.25, 0.3) is 11.1 Å². The van der Waals surface area contributed by atoms with Gasteiger partial charge in [0.1, 0.15) is 5.82 Å². The number of hydrogen-bond acceptors (Lipinski definition) is 3. The van der Waals surface area contributed by atoms with Gasteiger partial charge in [0.05, 0.1) is 5.56 Å². The third-order valence-corrected chi connectivity index (χ3v) is 5.74. The van der Waals surface area contributed by atoms with Crippen molar-refractivity contribution >= 4 is 17.4 Å². The lowest BCUT2D eigenvalue weighted by atomic mass is 9.97. The van der Waals surface area contributed by atoms with Crippen molar-refractivity contribution in [1.29, 1.82) is 0 Å². The molecule has 4 aromatic rings. The van der Waals surface area contributed by atoms with E-state index in [4.69, 9.17) is 0 Å². The third kappa shape index (κ3) is 3.58. The molecule has 0 fully saturated rings. The number of aromatic nitrogens is 1. The van der Waals surface area contributed by atoms with Gasteiger partial charge in [-0.1, -0.05) is 24.3 Å². The molecule has 1 amide bonds. The van der Waals surface area contributed by atoms with Gasteiger partial charge in [-0.25, -0.2) is 4.39 Å². The number of benzene rings is 3. The molecule has 0 unspecified atom stereocenters. The molecule has 4 nitrogen and oxygen atoms in total. The summed E-state index contributed by atoms with van der Waals surface area (Å²) >= 11 is 0. The second-order valence-corrected chi connectivity index (χ2v) is 7.67. The lowest BCUT2D eigenvalue weighted by Crippen LogP contribution is -2.30. The molecule has 0 radical (unpaired) electrons. The van der Waals surface area contributed by atoms with Crippen LogP contribution in [0, 0.1) is 5.82 Å². The van der Waals surface area contributed by atoms with E-state index >= 15 is 0 Å². The zero-order chi connectivity index (χ0) is 22.1. The van der Waals surface area contributed by atoms with Gasteiger partial charge in [0.2, 0.25) is 0 Å². The Morgan fingerprint density at radius 3 is 2.28 bits per heavy atom. The lowest BCUT2D eigenvalue weighted by Gasteiger charge is -2.19. The van der Waals surface area contributed by atoms with E-state index in [0.29, 0.717) is 23.2 Å². The summed E-state index contributed by atoms with van der Waals surface area (Å²) in [4.78, 5) is 32.3. The van der Waals surface area contributed by atoms with E-state index in [0.717, 1.165) is 28.8 Å².